The zero-order valence-corrected chi connectivity index (χ0v) is 15.9. The minimum absolute atomic E-state index is 0.254. The minimum atomic E-state index is -0.423. The first-order chi connectivity index (χ1) is 14.2. The molecule has 0 atom stereocenters. The molecule has 140 valence electrons. The molecule has 4 aromatic rings. The fourth-order valence-electron chi connectivity index (χ4n) is 3.15. The molecule has 0 amide bonds. The van der Waals surface area contributed by atoms with Gasteiger partial charge >= 0.3 is 0 Å². The van der Waals surface area contributed by atoms with E-state index >= 15 is 0 Å². The summed E-state index contributed by atoms with van der Waals surface area (Å²) in [6, 6.07) is 26.2. The third-order valence-corrected chi connectivity index (χ3v) is 4.67. The van der Waals surface area contributed by atoms with Crippen molar-refractivity contribution in [2.45, 2.75) is 6.92 Å². The van der Waals surface area contributed by atoms with Crippen molar-refractivity contribution in [1.82, 2.24) is 9.78 Å². The summed E-state index contributed by atoms with van der Waals surface area (Å²) < 4.78 is 16.0. The molecule has 4 heteroatoms. The van der Waals surface area contributed by atoms with Crippen LogP contribution in [-0.2, 0) is 0 Å². The van der Waals surface area contributed by atoms with Gasteiger partial charge in [-0.15, -0.1) is 0 Å². The summed E-state index contributed by atoms with van der Waals surface area (Å²) in [4.78, 5) is 0. The Bertz CT molecular complexity index is 1210. The van der Waals surface area contributed by atoms with Crippen molar-refractivity contribution in [3.8, 4) is 23.0 Å². The third kappa shape index (κ3) is 3.85. The monoisotopic (exact) mass is 379 g/mol. The first kappa shape index (κ1) is 18.4. The quantitative estimate of drug-likeness (QED) is 0.405. The first-order valence-corrected chi connectivity index (χ1v) is 9.24. The molecule has 0 saturated carbocycles. The fraction of sp³-hybridized carbons (Fsp3) is 0.0400. The lowest BCUT2D eigenvalue weighted by atomic mass is 10.0. The molecule has 1 heterocycles. The van der Waals surface area contributed by atoms with Crippen LogP contribution in [0, 0.1) is 24.1 Å². The summed E-state index contributed by atoms with van der Waals surface area (Å²) in [7, 11) is 0. The van der Waals surface area contributed by atoms with E-state index in [0.29, 0.717) is 0 Å². The molecule has 0 aliphatic rings. The molecule has 0 saturated heterocycles. The molecule has 29 heavy (non-hydrogen) atoms. The smallest absolute Gasteiger partial charge is 0.131 e. The van der Waals surface area contributed by atoms with Gasteiger partial charge in [-0.3, -0.25) is 0 Å². The van der Waals surface area contributed by atoms with Crippen LogP contribution in [0.4, 0.5) is 4.39 Å². The van der Waals surface area contributed by atoms with E-state index in [1.54, 1.807) is 29.0 Å². The van der Waals surface area contributed by atoms with Crippen molar-refractivity contribution in [3.05, 3.63) is 108 Å². The maximum atomic E-state index is 14.3. The summed E-state index contributed by atoms with van der Waals surface area (Å²) in [5, 5.41) is 14.4. The summed E-state index contributed by atoms with van der Waals surface area (Å²) in [6.45, 7) is 2.03. The first-order valence-electron chi connectivity index (χ1n) is 9.24. The average molecular weight is 379 g/mol. The molecular weight excluding hydrogens is 361 g/mol. The molecule has 0 aliphatic carbocycles. The lowest BCUT2D eigenvalue weighted by Gasteiger charge is -2.03. The number of nitrogens with zero attached hydrogens (tertiary/aromatic N) is 3. The van der Waals surface area contributed by atoms with Crippen molar-refractivity contribution >= 4 is 11.6 Å². The van der Waals surface area contributed by atoms with E-state index in [1.807, 2.05) is 67.7 Å². The molecule has 0 bridgehead atoms. The number of halogens is 1. The second-order valence-electron chi connectivity index (χ2n) is 6.73. The number of rotatable bonds is 4. The van der Waals surface area contributed by atoms with Gasteiger partial charge < -0.3 is 0 Å². The van der Waals surface area contributed by atoms with E-state index < -0.39 is 5.82 Å². The molecule has 3 nitrogen and oxygen atoms in total. The summed E-state index contributed by atoms with van der Waals surface area (Å²) in [5.41, 5.74) is 5.00. The highest BCUT2D eigenvalue weighted by Crippen LogP contribution is 2.28. The number of nitriles is 1. The Morgan fingerprint density at radius 1 is 0.966 bits per heavy atom. The molecule has 0 unspecified atom stereocenters. The van der Waals surface area contributed by atoms with Gasteiger partial charge in [0.25, 0.3) is 0 Å². The maximum absolute atomic E-state index is 14.3. The van der Waals surface area contributed by atoms with Crippen molar-refractivity contribution in [3.63, 3.8) is 0 Å². The molecule has 0 fully saturated rings. The highest BCUT2D eigenvalue weighted by Gasteiger charge is 2.14. The molecule has 0 radical (unpaired) electrons. The van der Waals surface area contributed by atoms with Crippen LogP contribution in [0.2, 0.25) is 0 Å². The second kappa shape index (κ2) is 7.95. The number of aromatic nitrogens is 2. The SMILES string of the molecule is Cc1ccc(-c2nn(-c3ccccc3)cc2C=C(C#N)c2ccccc2F)cc1. The van der Waals surface area contributed by atoms with Gasteiger partial charge in [0.2, 0.25) is 0 Å². The number of allylic oxidation sites excluding steroid dienone is 1. The summed E-state index contributed by atoms with van der Waals surface area (Å²) in [6.07, 6.45) is 3.56. The summed E-state index contributed by atoms with van der Waals surface area (Å²) in [5.74, 6) is -0.423. The van der Waals surface area contributed by atoms with E-state index in [1.165, 1.54) is 6.07 Å². The normalized spacial score (nSPS) is 11.3. The van der Waals surface area contributed by atoms with Crippen LogP contribution in [0.1, 0.15) is 16.7 Å². The highest BCUT2D eigenvalue weighted by molar-refractivity contribution is 5.92. The molecule has 0 aliphatic heterocycles. The Balaban J connectivity index is 1.89. The number of hydrogen-bond acceptors (Lipinski definition) is 2. The fourth-order valence-corrected chi connectivity index (χ4v) is 3.15. The standard InChI is InChI=1S/C25H18FN3/c1-18-11-13-19(14-12-18)25-21(17-29(28-25)22-7-3-2-4-8-22)15-20(16-27)23-9-5-6-10-24(23)26/h2-15,17H,1H3. The molecule has 1 aromatic heterocycles. The number of para-hydroxylation sites is 1. The van der Waals surface area contributed by atoms with Gasteiger partial charge in [-0.1, -0.05) is 66.2 Å². The Hall–Kier alpha value is -3.97. The van der Waals surface area contributed by atoms with Crippen molar-refractivity contribution in [2.24, 2.45) is 0 Å². The van der Waals surface area contributed by atoms with Gasteiger partial charge in [-0.2, -0.15) is 10.4 Å². The predicted octanol–water partition coefficient (Wildman–Crippen LogP) is 6.05. The zero-order valence-electron chi connectivity index (χ0n) is 15.9. The van der Waals surface area contributed by atoms with Crippen molar-refractivity contribution < 1.29 is 4.39 Å². The predicted molar refractivity (Wildman–Crippen MR) is 114 cm³/mol. The number of aryl methyl sites for hydroxylation is 1. The van der Waals surface area contributed by atoms with Gasteiger partial charge in [-0.25, -0.2) is 9.07 Å². The van der Waals surface area contributed by atoms with Crippen molar-refractivity contribution in [2.75, 3.05) is 0 Å². The Morgan fingerprint density at radius 2 is 1.66 bits per heavy atom. The Labute approximate surface area is 169 Å². The Morgan fingerprint density at radius 3 is 2.34 bits per heavy atom. The molecule has 4 rings (SSSR count). The van der Waals surface area contributed by atoms with Crippen LogP contribution >= 0.6 is 0 Å². The van der Waals surface area contributed by atoms with Crippen LogP contribution in [0.15, 0.2) is 85.1 Å². The van der Waals surface area contributed by atoms with Crippen LogP contribution in [-0.4, -0.2) is 9.78 Å². The lowest BCUT2D eigenvalue weighted by Crippen LogP contribution is -1.93. The molecular formula is C25H18FN3. The maximum Gasteiger partial charge on any atom is 0.131 e. The Kier molecular flexibility index (Phi) is 5.05. The largest absolute Gasteiger partial charge is 0.240 e. The van der Waals surface area contributed by atoms with Gasteiger partial charge in [0.15, 0.2) is 0 Å². The zero-order chi connectivity index (χ0) is 20.2. The van der Waals surface area contributed by atoms with Gasteiger partial charge in [-0.05, 0) is 31.2 Å². The van der Waals surface area contributed by atoms with Gasteiger partial charge in [0.05, 0.1) is 23.0 Å². The number of hydrogen-bond donors (Lipinski definition) is 0. The van der Waals surface area contributed by atoms with Crippen LogP contribution in [0.25, 0.3) is 28.6 Å². The van der Waals surface area contributed by atoms with Crippen LogP contribution in [0.5, 0.6) is 0 Å². The van der Waals surface area contributed by atoms with Gasteiger partial charge in [0, 0.05) is 22.9 Å². The molecule has 3 aromatic carbocycles. The van der Waals surface area contributed by atoms with E-state index in [9.17, 15) is 9.65 Å². The van der Waals surface area contributed by atoms with E-state index in [-0.39, 0.29) is 11.1 Å². The lowest BCUT2D eigenvalue weighted by molar-refractivity contribution is 0.624. The second-order valence-corrected chi connectivity index (χ2v) is 6.73. The molecule has 0 spiro atoms. The van der Waals surface area contributed by atoms with Gasteiger partial charge in [0.1, 0.15) is 5.82 Å². The summed E-state index contributed by atoms with van der Waals surface area (Å²) >= 11 is 0. The van der Waals surface area contributed by atoms with E-state index in [0.717, 1.165) is 28.1 Å². The minimum Gasteiger partial charge on any atom is -0.240 e. The average Bonchev–Trinajstić information content (AvgIpc) is 3.18. The topological polar surface area (TPSA) is 41.6 Å². The van der Waals surface area contributed by atoms with Crippen LogP contribution < -0.4 is 0 Å². The molecule has 0 N–H and O–H groups in total. The highest BCUT2D eigenvalue weighted by atomic mass is 19.1. The van der Waals surface area contributed by atoms with E-state index in [4.69, 9.17) is 5.10 Å². The van der Waals surface area contributed by atoms with Crippen LogP contribution in [0.3, 0.4) is 0 Å². The van der Waals surface area contributed by atoms with E-state index in [2.05, 4.69) is 6.07 Å². The van der Waals surface area contributed by atoms with Crippen molar-refractivity contribution in [1.29, 1.82) is 5.26 Å². The number of benzene rings is 3. The third-order valence-electron chi connectivity index (χ3n) is 4.67.